The van der Waals surface area contributed by atoms with Crippen LogP contribution >= 0.6 is 0 Å². The third kappa shape index (κ3) is 7.75. The fourth-order valence-electron chi connectivity index (χ4n) is 4.10. The molecule has 2 amide bonds. The predicted octanol–water partition coefficient (Wildman–Crippen LogP) is 4.92. The van der Waals surface area contributed by atoms with Crippen molar-refractivity contribution in [3.63, 3.8) is 0 Å². The largest absolute Gasteiger partial charge is 0.444 e. The summed E-state index contributed by atoms with van der Waals surface area (Å²) >= 11 is 0. The highest BCUT2D eigenvalue weighted by molar-refractivity contribution is 5.81. The summed E-state index contributed by atoms with van der Waals surface area (Å²) in [5.74, 6) is -0.140. The van der Waals surface area contributed by atoms with E-state index in [0.29, 0.717) is 6.42 Å². The molecule has 2 unspecified atom stereocenters. The first-order valence-corrected chi connectivity index (χ1v) is 12.0. The second-order valence-corrected chi connectivity index (χ2v) is 11.5. The van der Waals surface area contributed by atoms with Gasteiger partial charge in [-0.3, -0.25) is 9.69 Å². The van der Waals surface area contributed by atoms with Gasteiger partial charge in [0.05, 0.1) is 12.1 Å². The average molecular weight is 455 g/mol. The van der Waals surface area contributed by atoms with Crippen LogP contribution in [0.4, 0.5) is 4.79 Å². The number of carbonyl (C=O) groups is 3. The van der Waals surface area contributed by atoms with E-state index in [9.17, 15) is 14.4 Å². The Bertz CT molecular complexity index is 651. The third-order valence-electron chi connectivity index (χ3n) is 6.15. The molecule has 1 aliphatic heterocycles. The highest BCUT2D eigenvalue weighted by atomic mass is 16.6. The van der Waals surface area contributed by atoms with Crippen LogP contribution in [-0.2, 0) is 19.1 Å². The van der Waals surface area contributed by atoms with Crippen LogP contribution in [0.15, 0.2) is 0 Å². The number of aldehydes is 1. The minimum Gasteiger partial charge on any atom is -0.444 e. The maximum Gasteiger partial charge on any atom is 0.412 e. The molecule has 1 saturated heterocycles. The molecule has 32 heavy (non-hydrogen) atoms. The Labute approximate surface area is 195 Å². The van der Waals surface area contributed by atoms with E-state index in [4.69, 9.17) is 9.47 Å². The maximum absolute atomic E-state index is 13.1. The number of hydrogen-bond donors (Lipinski definition) is 1. The predicted molar refractivity (Wildman–Crippen MR) is 126 cm³/mol. The third-order valence-corrected chi connectivity index (χ3v) is 6.15. The Hall–Kier alpha value is -1.63. The topological polar surface area (TPSA) is 84.9 Å². The zero-order valence-corrected chi connectivity index (χ0v) is 21.9. The first kappa shape index (κ1) is 28.4. The van der Waals surface area contributed by atoms with Crippen molar-refractivity contribution in [1.29, 1.82) is 0 Å². The van der Waals surface area contributed by atoms with Gasteiger partial charge in [-0.1, -0.05) is 47.5 Å². The van der Waals surface area contributed by atoms with Crippen LogP contribution in [0.25, 0.3) is 0 Å². The average Bonchev–Trinajstić information content (AvgIpc) is 2.90. The van der Waals surface area contributed by atoms with Crippen molar-refractivity contribution in [2.45, 2.75) is 118 Å². The molecular formula is C25H46N2O5. The number of unbranched alkanes of at least 4 members (excludes halogenated alkanes) is 1. The van der Waals surface area contributed by atoms with Gasteiger partial charge in [-0.05, 0) is 53.4 Å². The maximum atomic E-state index is 13.1. The highest BCUT2D eigenvalue weighted by Crippen LogP contribution is 2.37. The summed E-state index contributed by atoms with van der Waals surface area (Å²) in [5.41, 5.74) is -2.06. The molecule has 1 heterocycles. The molecule has 0 aromatic carbocycles. The minimum absolute atomic E-state index is 0.0300. The van der Waals surface area contributed by atoms with Crippen LogP contribution in [0.2, 0.25) is 0 Å². The lowest BCUT2D eigenvalue weighted by Crippen LogP contribution is -2.52. The van der Waals surface area contributed by atoms with E-state index < -0.39 is 35.0 Å². The van der Waals surface area contributed by atoms with Crippen molar-refractivity contribution in [2.24, 2.45) is 17.3 Å². The van der Waals surface area contributed by atoms with E-state index in [-0.39, 0.29) is 24.3 Å². The lowest BCUT2D eigenvalue weighted by molar-refractivity contribution is -0.131. The molecule has 1 rings (SSSR count). The number of hydrogen-bond acceptors (Lipinski definition) is 5. The van der Waals surface area contributed by atoms with E-state index in [1.165, 1.54) is 0 Å². The first-order chi connectivity index (χ1) is 14.6. The number of amides is 2. The quantitative estimate of drug-likeness (QED) is 0.474. The normalized spacial score (nSPS) is 22.0. The number of carbonyl (C=O) groups excluding carboxylic acids is 3. The van der Waals surface area contributed by atoms with Gasteiger partial charge in [0.15, 0.2) is 0 Å². The van der Waals surface area contributed by atoms with Gasteiger partial charge in [0.1, 0.15) is 17.6 Å². The summed E-state index contributed by atoms with van der Waals surface area (Å²) in [6.07, 6.45) is 3.31. The molecule has 7 heteroatoms. The van der Waals surface area contributed by atoms with Crippen molar-refractivity contribution < 1.29 is 23.9 Å². The molecule has 0 spiro atoms. The summed E-state index contributed by atoms with van der Waals surface area (Å²) in [6, 6.07) is -0.392. The number of nitrogens with zero attached hydrogens (tertiary/aromatic N) is 1. The second-order valence-electron chi connectivity index (χ2n) is 11.5. The lowest BCUT2D eigenvalue weighted by atomic mass is 9.86. The Kier molecular flexibility index (Phi) is 9.76. The Morgan fingerprint density at radius 2 is 1.78 bits per heavy atom. The van der Waals surface area contributed by atoms with Crippen molar-refractivity contribution >= 4 is 18.3 Å². The van der Waals surface area contributed by atoms with Gasteiger partial charge in [0.2, 0.25) is 5.91 Å². The van der Waals surface area contributed by atoms with Gasteiger partial charge in [0, 0.05) is 17.9 Å². The molecule has 186 valence electrons. The molecule has 1 aliphatic rings. The first-order valence-electron chi connectivity index (χ1n) is 12.0. The van der Waals surface area contributed by atoms with E-state index in [2.05, 4.69) is 12.2 Å². The summed E-state index contributed by atoms with van der Waals surface area (Å²) in [4.78, 5) is 39.4. The van der Waals surface area contributed by atoms with Crippen molar-refractivity contribution in [1.82, 2.24) is 10.2 Å². The molecule has 1 N–H and O–H groups in total. The van der Waals surface area contributed by atoms with Crippen molar-refractivity contribution in [3.8, 4) is 0 Å². The summed E-state index contributed by atoms with van der Waals surface area (Å²) < 4.78 is 11.9. The molecule has 1 fully saturated rings. The fourth-order valence-corrected chi connectivity index (χ4v) is 4.10. The zero-order chi connectivity index (χ0) is 24.9. The van der Waals surface area contributed by atoms with Gasteiger partial charge >= 0.3 is 6.09 Å². The molecule has 0 aromatic rings. The van der Waals surface area contributed by atoms with Crippen LogP contribution in [0.1, 0.15) is 94.9 Å². The smallest absolute Gasteiger partial charge is 0.412 e. The molecule has 0 radical (unpaired) electrons. The molecule has 0 aliphatic carbocycles. The Morgan fingerprint density at radius 1 is 1.19 bits per heavy atom. The Balaban J connectivity index is 3.13. The lowest BCUT2D eigenvalue weighted by Gasteiger charge is -2.36. The number of rotatable bonds is 10. The van der Waals surface area contributed by atoms with E-state index in [0.717, 1.165) is 25.5 Å². The summed E-state index contributed by atoms with van der Waals surface area (Å²) in [6.45, 7) is 19.4. The van der Waals surface area contributed by atoms with Crippen LogP contribution < -0.4 is 5.32 Å². The second kappa shape index (κ2) is 11.0. The standard InChI is InChI=1S/C25H46N2O5/c1-11-12-13-24(7,8)21(29)26-15-20-19(14-18(16-28)17(2)3)27(25(9,10)31-20)22(30)32-23(4,5)6/h16-20H,11-15H2,1-10H3,(H,26,29)/t18?,19-,20?/m0/s1. The summed E-state index contributed by atoms with van der Waals surface area (Å²) in [7, 11) is 0. The van der Waals surface area contributed by atoms with Crippen LogP contribution in [0.5, 0.6) is 0 Å². The van der Waals surface area contributed by atoms with Gasteiger partial charge in [-0.2, -0.15) is 0 Å². The monoisotopic (exact) mass is 454 g/mol. The van der Waals surface area contributed by atoms with Gasteiger partial charge in [0.25, 0.3) is 0 Å². The number of ether oxygens (including phenoxy) is 2. The highest BCUT2D eigenvalue weighted by Gasteiger charge is 2.52. The van der Waals surface area contributed by atoms with Crippen LogP contribution in [0, 0.1) is 17.3 Å². The van der Waals surface area contributed by atoms with E-state index in [1.54, 1.807) is 4.90 Å². The molecule has 0 saturated carbocycles. The molecular weight excluding hydrogens is 408 g/mol. The number of nitrogens with one attached hydrogen (secondary N) is 1. The van der Waals surface area contributed by atoms with E-state index >= 15 is 0 Å². The van der Waals surface area contributed by atoms with Crippen molar-refractivity contribution in [3.05, 3.63) is 0 Å². The van der Waals surface area contributed by atoms with Gasteiger partial charge in [-0.15, -0.1) is 0 Å². The molecule has 3 atom stereocenters. The Morgan fingerprint density at radius 3 is 2.25 bits per heavy atom. The SMILES string of the molecule is CCCCC(C)(C)C(=O)NCC1OC(C)(C)N(C(=O)OC(C)(C)C)[C@H]1CC(C=O)C(C)C. The molecule has 0 bridgehead atoms. The minimum atomic E-state index is -0.926. The molecule has 0 aromatic heterocycles. The van der Waals surface area contributed by atoms with E-state index in [1.807, 2.05) is 62.3 Å². The summed E-state index contributed by atoms with van der Waals surface area (Å²) in [5, 5.41) is 3.04. The zero-order valence-electron chi connectivity index (χ0n) is 21.9. The van der Waals surface area contributed by atoms with Crippen LogP contribution in [-0.4, -0.2) is 53.2 Å². The van der Waals surface area contributed by atoms with Gasteiger partial charge < -0.3 is 19.6 Å². The van der Waals surface area contributed by atoms with Crippen molar-refractivity contribution in [2.75, 3.05) is 6.54 Å². The van der Waals surface area contributed by atoms with Gasteiger partial charge in [-0.25, -0.2) is 4.79 Å². The fraction of sp³-hybridized carbons (Fsp3) is 0.880. The molecule has 7 nitrogen and oxygen atoms in total. The van der Waals surface area contributed by atoms with Crippen LogP contribution in [0.3, 0.4) is 0 Å².